The molecular weight excluding hydrogens is 544 g/mol. The zero-order chi connectivity index (χ0) is 27.8. The summed E-state index contributed by atoms with van der Waals surface area (Å²) in [7, 11) is 1.42. The van der Waals surface area contributed by atoms with Crippen LogP contribution in [0, 0.1) is 0 Å². The summed E-state index contributed by atoms with van der Waals surface area (Å²) in [4.78, 5) is 29.1. The van der Waals surface area contributed by atoms with Gasteiger partial charge in [0, 0.05) is 76.5 Å². The fraction of sp³-hybridized carbons (Fsp3) is 0.560. The molecule has 2 saturated heterocycles. The normalized spacial score (nSPS) is 19.5. The molecule has 12 nitrogen and oxygen atoms in total. The van der Waals surface area contributed by atoms with Crippen molar-refractivity contribution in [3.8, 4) is 0 Å². The summed E-state index contributed by atoms with van der Waals surface area (Å²) < 4.78 is 37.3. The first-order chi connectivity index (χ1) is 18.8. The third kappa shape index (κ3) is 8.03. The number of hydrogen-bond donors (Lipinski definition) is 1. The number of rotatable bonds is 12. The fourth-order valence-electron chi connectivity index (χ4n) is 4.07. The lowest BCUT2D eigenvalue weighted by Crippen LogP contribution is -2.43. The number of anilines is 1. The summed E-state index contributed by atoms with van der Waals surface area (Å²) >= 11 is 1.42. The number of thiazole rings is 1. The summed E-state index contributed by atoms with van der Waals surface area (Å²) in [6, 6.07) is 6.00. The van der Waals surface area contributed by atoms with Crippen LogP contribution < -0.4 is 5.32 Å². The van der Waals surface area contributed by atoms with Crippen LogP contribution in [-0.2, 0) is 35.7 Å². The van der Waals surface area contributed by atoms with Gasteiger partial charge >= 0.3 is 0 Å². The molecular formula is C25H36N6O6S2. The van der Waals surface area contributed by atoms with Gasteiger partial charge < -0.3 is 19.2 Å². The van der Waals surface area contributed by atoms with Gasteiger partial charge in [-0.1, -0.05) is 17.3 Å². The van der Waals surface area contributed by atoms with E-state index in [4.69, 9.17) is 14.3 Å². The molecule has 1 aromatic carbocycles. The van der Waals surface area contributed by atoms with Crippen molar-refractivity contribution < 1.29 is 27.5 Å². The standard InChI is InChI=1S/C25H36N6O6S2/c1-29-9-11-31(12-10-29)17-21-16-26-25(38-21)27-24(32)23(28-37-20-8-14-36-18-20)19-4-6-22(7-5-19)39(33,34)30(2)13-15-35-3/h4-7,16,20H,8-15,17-18H2,1-3H3,(H,26,27,32)/t20-/m1/s1. The number of sulfonamides is 1. The summed E-state index contributed by atoms with van der Waals surface area (Å²) in [5.41, 5.74) is 0.438. The molecule has 1 aromatic heterocycles. The number of nitrogens with zero attached hydrogens (tertiary/aromatic N) is 5. The van der Waals surface area contributed by atoms with E-state index >= 15 is 0 Å². The molecule has 1 atom stereocenters. The number of piperazine rings is 1. The number of hydrogen-bond acceptors (Lipinski definition) is 11. The largest absolute Gasteiger partial charge is 0.389 e. The number of aromatic nitrogens is 1. The molecule has 2 aliphatic rings. The van der Waals surface area contributed by atoms with Crippen LogP contribution in [0.3, 0.4) is 0 Å². The van der Waals surface area contributed by atoms with E-state index in [2.05, 4.69) is 32.3 Å². The minimum Gasteiger partial charge on any atom is -0.389 e. The van der Waals surface area contributed by atoms with Gasteiger partial charge in [-0.3, -0.25) is 15.0 Å². The van der Waals surface area contributed by atoms with Crippen molar-refractivity contribution in [2.24, 2.45) is 5.16 Å². The molecule has 214 valence electrons. The molecule has 0 radical (unpaired) electrons. The van der Waals surface area contributed by atoms with Crippen LogP contribution in [0.1, 0.15) is 16.9 Å². The van der Waals surface area contributed by atoms with Crippen LogP contribution in [0.5, 0.6) is 0 Å². The van der Waals surface area contributed by atoms with Gasteiger partial charge in [-0.15, -0.1) is 11.3 Å². The van der Waals surface area contributed by atoms with Crippen LogP contribution >= 0.6 is 11.3 Å². The van der Waals surface area contributed by atoms with Crippen LogP contribution in [0.25, 0.3) is 0 Å². The first-order valence-electron chi connectivity index (χ1n) is 12.8. The maximum absolute atomic E-state index is 13.3. The number of likely N-dealkylation sites (N-methyl/N-ethyl adjacent to an activating group) is 2. The van der Waals surface area contributed by atoms with Crippen molar-refractivity contribution in [3.63, 3.8) is 0 Å². The number of ether oxygens (including phenoxy) is 2. The van der Waals surface area contributed by atoms with Gasteiger partial charge in [0.15, 0.2) is 16.9 Å². The zero-order valence-electron chi connectivity index (χ0n) is 22.5. The van der Waals surface area contributed by atoms with E-state index in [1.807, 2.05) is 0 Å². The number of oxime groups is 1. The van der Waals surface area contributed by atoms with Crippen LogP contribution in [-0.4, -0.2) is 119 Å². The molecule has 39 heavy (non-hydrogen) atoms. The second-order valence-corrected chi connectivity index (χ2v) is 12.7. The Morgan fingerprint density at radius 2 is 2.00 bits per heavy atom. The van der Waals surface area contributed by atoms with Gasteiger partial charge in [-0.05, 0) is 19.2 Å². The van der Waals surface area contributed by atoms with E-state index in [-0.39, 0.29) is 29.9 Å². The molecule has 0 bridgehead atoms. The number of benzene rings is 1. The summed E-state index contributed by atoms with van der Waals surface area (Å²) in [6.07, 6.45) is 2.20. The van der Waals surface area contributed by atoms with Crippen molar-refractivity contribution in [1.29, 1.82) is 0 Å². The van der Waals surface area contributed by atoms with Gasteiger partial charge in [0.05, 0.1) is 24.7 Å². The van der Waals surface area contributed by atoms with E-state index in [0.717, 1.165) is 37.6 Å². The predicted molar refractivity (Wildman–Crippen MR) is 148 cm³/mol. The highest BCUT2D eigenvalue weighted by Gasteiger charge is 2.24. The van der Waals surface area contributed by atoms with Crippen molar-refractivity contribution >= 4 is 38.1 Å². The SMILES string of the molecule is COCCN(C)S(=O)(=O)c1ccc(C(=NO[C@@H]2CCOC2)C(=O)Nc2ncc(CN3CCN(C)CC3)s2)cc1. The average Bonchev–Trinajstić information content (AvgIpc) is 3.61. The molecule has 0 aliphatic carbocycles. The molecule has 1 N–H and O–H groups in total. The molecule has 3 heterocycles. The van der Waals surface area contributed by atoms with Gasteiger partial charge in [0.1, 0.15) is 0 Å². The van der Waals surface area contributed by atoms with Crippen molar-refractivity contribution in [2.75, 3.05) is 79.1 Å². The predicted octanol–water partition coefficient (Wildman–Crippen LogP) is 1.31. The highest BCUT2D eigenvalue weighted by atomic mass is 32.2. The number of carbonyl (C=O) groups is 1. The third-order valence-corrected chi connectivity index (χ3v) is 9.36. The Kier molecular flexibility index (Phi) is 10.4. The van der Waals surface area contributed by atoms with E-state index < -0.39 is 15.9 Å². The Bertz CT molecular complexity index is 1220. The minimum atomic E-state index is -3.71. The monoisotopic (exact) mass is 580 g/mol. The zero-order valence-corrected chi connectivity index (χ0v) is 24.2. The van der Waals surface area contributed by atoms with E-state index in [1.54, 1.807) is 18.3 Å². The highest BCUT2D eigenvalue weighted by molar-refractivity contribution is 7.89. The smallest absolute Gasteiger partial charge is 0.280 e. The average molecular weight is 581 g/mol. The number of methoxy groups -OCH3 is 1. The molecule has 0 saturated carbocycles. The maximum atomic E-state index is 13.3. The number of carbonyl (C=O) groups excluding carboxylic acids is 1. The third-order valence-electron chi connectivity index (χ3n) is 6.59. The molecule has 0 spiro atoms. The Labute approximate surface area is 233 Å². The van der Waals surface area contributed by atoms with E-state index in [9.17, 15) is 13.2 Å². The lowest BCUT2D eigenvalue weighted by molar-refractivity contribution is -0.110. The minimum absolute atomic E-state index is 0.0226. The number of amides is 1. The van der Waals surface area contributed by atoms with Crippen molar-refractivity contribution in [1.82, 2.24) is 19.1 Å². The molecule has 4 rings (SSSR count). The van der Waals surface area contributed by atoms with Crippen LogP contribution in [0.2, 0.25) is 0 Å². The molecule has 0 unspecified atom stereocenters. The Morgan fingerprint density at radius 3 is 2.67 bits per heavy atom. The van der Waals surface area contributed by atoms with Crippen molar-refractivity contribution in [2.45, 2.75) is 24.0 Å². The molecule has 2 aromatic rings. The lowest BCUT2D eigenvalue weighted by Gasteiger charge is -2.31. The summed E-state index contributed by atoms with van der Waals surface area (Å²) in [5.74, 6) is -0.498. The van der Waals surface area contributed by atoms with E-state index in [0.29, 0.717) is 30.3 Å². The topological polar surface area (TPSA) is 126 Å². The highest BCUT2D eigenvalue weighted by Crippen LogP contribution is 2.22. The van der Waals surface area contributed by atoms with Gasteiger partial charge in [-0.25, -0.2) is 13.4 Å². The Hall–Kier alpha value is -2.46. The molecule has 2 fully saturated rings. The molecule has 2 aliphatic heterocycles. The first kappa shape index (κ1) is 29.5. The fourth-order valence-corrected chi connectivity index (χ4v) is 6.08. The maximum Gasteiger partial charge on any atom is 0.280 e. The molecule has 1 amide bonds. The van der Waals surface area contributed by atoms with E-state index in [1.165, 1.54) is 41.9 Å². The van der Waals surface area contributed by atoms with Gasteiger partial charge in [-0.2, -0.15) is 4.31 Å². The van der Waals surface area contributed by atoms with Crippen LogP contribution in [0.4, 0.5) is 5.13 Å². The Morgan fingerprint density at radius 1 is 1.26 bits per heavy atom. The summed E-state index contributed by atoms with van der Waals surface area (Å²) in [5, 5.41) is 7.44. The lowest BCUT2D eigenvalue weighted by atomic mass is 10.1. The Balaban J connectivity index is 1.48. The molecule has 14 heteroatoms. The number of nitrogens with one attached hydrogen (secondary N) is 1. The van der Waals surface area contributed by atoms with Gasteiger partial charge in [0.25, 0.3) is 5.91 Å². The first-order valence-corrected chi connectivity index (χ1v) is 15.1. The quantitative estimate of drug-likeness (QED) is 0.292. The van der Waals surface area contributed by atoms with Crippen molar-refractivity contribution in [3.05, 3.63) is 40.9 Å². The second-order valence-electron chi connectivity index (χ2n) is 9.54. The second kappa shape index (κ2) is 13.7. The summed E-state index contributed by atoms with van der Waals surface area (Å²) in [6.45, 7) is 6.27. The van der Waals surface area contributed by atoms with Crippen LogP contribution in [0.15, 0.2) is 40.5 Å². The van der Waals surface area contributed by atoms with Gasteiger partial charge in [0.2, 0.25) is 10.0 Å².